The molecule has 2 heterocycles. The molecule has 0 radical (unpaired) electrons. The number of hydrogen-bond donors (Lipinski definition) is 1. The zero-order valence-electron chi connectivity index (χ0n) is 12.7. The number of carboxylic acids is 1. The van der Waals surface area contributed by atoms with E-state index in [2.05, 4.69) is 9.97 Å². The van der Waals surface area contributed by atoms with Crippen molar-refractivity contribution < 1.29 is 18.3 Å². The monoisotopic (exact) mass is 348 g/mol. The molecule has 0 aliphatic carbocycles. The molecule has 1 aliphatic rings. The minimum Gasteiger partial charge on any atom is -0.478 e. The first-order chi connectivity index (χ1) is 11.5. The zero-order valence-corrected chi connectivity index (χ0v) is 13.6. The second-order valence-corrected chi connectivity index (χ2v) is 7.16. The topological polar surface area (TPSA) is 104 Å². The lowest BCUT2D eigenvalue weighted by molar-refractivity contribution is 0.0692. The maximum Gasteiger partial charge on any atom is 0.337 e. The van der Waals surface area contributed by atoms with E-state index in [-0.39, 0.29) is 23.5 Å². The van der Waals surface area contributed by atoms with Crippen molar-refractivity contribution in [2.24, 2.45) is 0 Å². The molecule has 0 saturated carbocycles. The van der Waals surface area contributed by atoms with Crippen molar-refractivity contribution in [3.8, 4) is 0 Å². The summed E-state index contributed by atoms with van der Waals surface area (Å²) in [5.41, 5.74) is -0.214. The molecule has 1 fully saturated rings. The van der Waals surface area contributed by atoms with Crippen LogP contribution in [-0.4, -0.2) is 59.9 Å². The van der Waals surface area contributed by atoms with E-state index in [9.17, 15) is 18.3 Å². The van der Waals surface area contributed by atoms with Crippen molar-refractivity contribution in [3.05, 3.63) is 48.4 Å². The quantitative estimate of drug-likeness (QED) is 0.867. The van der Waals surface area contributed by atoms with Crippen molar-refractivity contribution in [2.75, 3.05) is 31.1 Å². The highest BCUT2D eigenvalue weighted by atomic mass is 32.2. The average Bonchev–Trinajstić information content (AvgIpc) is 2.62. The summed E-state index contributed by atoms with van der Waals surface area (Å²) in [4.78, 5) is 21.3. The van der Waals surface area contributed by atoms with Gasteiger partial charge in [-0.05, 0) is 12.1 Å². The Morgan fingerprint density at radius 3 is 2.42 bits per heavy atom. The van der Waals surface area contributed by atoms with E-state index in [1.807, 2.05) is 4.90 Å². The Labute approximate surface area is 139 Å². The number of hydrogen-bond acceptors (Lipinski definition) is 6. The molecule has 126 valence electrons. The molecule has 0 spiro atoms. The summed E-state index contributed by atoms with van der Waals surface area (Å²) < 4.78 is 26.9. The van der Waals surface area contributed by atoms with Gasteiger partial charge in [0.1, 0.15) is 5.82 Å². The van der Waals surface area contributed by atoms with E-state index in [1.54, 1.807) is 18.6 Å². The number of rotatable bonds is 4. The number of carboxylic acid groups (broad SMARTS) is 1. The summed E-state index contributed by atoms with van der Waals surface area (Å²) in [5, 5.41) is 9.21. The molecule has 8 nitrogen and oxygen atoms in total. The largest absolute Gasteiger partial charge is 0.478 e. The van der Waals surface area contributed by atoms with E-state index in [0.29, 0.717) is 18.9 Å². The zero-order chi connectivity index (χ0) is 17.2. The number of sulfonamides is 1. The Bertz CT molecular complexity index is 834. The highest BCUT2D eigenvalue weighted by Gasteiger charge is 2.31. The molecule has 0 bridgehead atoms. The SMILES string of the molecule is O=C(O)c1ccccc1S(=O)(=O)N1CCN(c2cnccn2)CC1. The van der Waals surface area contributed by atoms with Gasteiger partial charge in [0.25, 0.3) is 0 Å². The molecule has 0 unspecified atom stereocenters. The molecule has 24 heavy (non-hydrogen) atoms. The Morgan fingerprint density at radius 1 is 1.08 bits per heavy atom. The smallest absolute Gasteiger partial charge is 0.337 e. The Hall–Kier alpha value is -2.52. The third kappa shape index (κ3) is 3.08. The highest BCUT2D eigenvalue weighted by molar-refractivity contribution is 7.89. The lowest BCUT2D eigenvalue weighted by atomic mass is 10.2. The number of piperazine rings is 1. The van der Waals surface area contributed by atoms with Crippen molar-refractivity contribution in [2.45, 2.75) is 4.90 Å². The van der Waals surface area contributed by atoms with Crippen LogP contribution in [-0.2, 0) is 10.0 Å². The van der Waals surface area contributed by atoms with Gasteiger partial charge in [-0.3, -0.25) is 4.98 Å². The Morgan fingerprint density at radius 2 is 1.79 bits per heavy atom. The lowest BCUT2D eigenvalue weighted by Gasteiger charge is -2.34. The van der Waals surface area contributed by atoms with E-state index < -0.39 is 16.0 Å². The van der Waals surface area contributed by atoms with Crippen LogP contribution in [0.5, 0.6) is 0 Å². The van der Waals surface area contributed by atoms with E-state index >= 15 is 0 Å². The fourth-order valence-electron chi connectivity index (χ4n) is 2.62. The van der Waals surface area contributed by atoms with Crippen LogP contribution in [0.15, 0.2) is 47.8 Å². The van der Waals surface area contributed by atoms with Gasteiger partial charge in [-0.1, -0.05) is 12.1 Å². The molecule has 9 heteroatoms. The molecule has 1 N–H and O–H groups in total. The summed E-state index contributed by atoms with van der Waals surface area (Å²) in [5.74, 6) is -0.562. The standard InChI is InChI=1S/C15H16N4O4S/c20-15(21)12-3-1-2-4-13(12)24(22,23)19-9-7-18(8-10-19)14-11-16-5-6-17-14/h1-6,11H,7-10H2,(H,20,21). The van der Waals surface area contributed by atoms with Crippen molar-refractivity contribution in [1.29, 1.82) is 0 Å². The molecule has 1 aliphatic heterocycles. The van der Waals surface area contributed by atoms with Gasteiger partial charge < -0.3 is 10.0 Å². The predicted molar refractivity (Wildman–Crippen MR) is 86.4 cm³/mol. The Balaban J connectivity index is 1.80. The lowest BCUT2D eigenvalue weighted by Crippen LogP contribution is -2.49. The van der Waals surface area contributed by atoms with Gasteiger partial charge >= 0.3 is 5.97 Å². The third-order valence-electron chi connectivity index (χ3n) is 3.85. The van der Waals surface area contributed by atoms with Gasteiger partial charge in [0.2, 0.25) is 10.0 Å². The number of anilines is 1. The molecular formula is C15H16N4O4S. The van der Waals surface area contributed by atoms with Gasteiger partial charge in [-0.2, -0.15) is 4.31 Å². The van der Waals surface area contributed by atoms with Crippen LogP contribution in [0, 0.1) is 0 Å². The molecule has 2 aromatic rings. The molecular weight excluding hydrogens is 332 g/mol. The summed E-state index contributed by atoms with van der Waals surface area (Å²) in [6.45, 7) is 1.44. The van der Waals surface area contributed by atoms with Crippen LogP contribution >= 0.6 is 0 Å². The summed E-state index contributed by atoms with van der Waals surface area (Å²) >= 11 is 0. The number of nitrogens with zero attached hydrogens (tertiary/aromatic N) is 4. The fraction of sp³-hybridized carbons (Fsp3) is 0.267. The first kappa shape index (κ1) is 16.3. The van der Waals surface area contributed by atoms with Crippen LogP contribution in [0.25, 0.3) is 0 Å². The number of benzene rings is 1. The molecule has 3 rings (SSSR count). The van der Waals surface area contributed by atoms with Gasteiger partial charge in [-0.25, -0.2) is 18.2 Å². The van der Waals surface area contributed by atoms with Crippen LogP contribution in [0.3, 0.4) is 0 Å². The highest BCUT2D eigenvalue weighted by Crippen LogP contribution is 2.22. The molecule has 1 aromatic heterocycles. The minimum atomic E-state index is -3.85. The van der Waals surface area contributed by atoms with Crippen molar-refractivity contribution in [1.82, 2.24) is 14.3 Å². The molecule has 1 aromatic carbocycles. The van der Waals surface area contributed by atoms with Gasteiger partial charge in [0.05, 0.1) is 16.7 Å². The van der Waals surface area contributed by atoms with Crippen LogP contribution in [0.1, 0.15) is 10.4 Å². The van der Waals surface area contributed by atoms with Crippen molar-refractivity contribution >= 4 is 21.8 Å². The number of aromatic nitrogens is 2. The molecule has 0 atom stereocenters. The summed E-state index contributed by atoms with van der Waals surface area (Å²) in [6.07, 6.45) is 4.79. The second-order valence-electron chi connectivity index (χ2n) is 5.26. The third-order valence-corrected chi connectivity index (χ3v) is 5.80. The first-order valence-electron chi connectivity index (χ1n) is 7.33. The van der Waals surface area contributed by atoms with E-state index in [4.69, 9.17) is 0 Å². The minimum absolute atomic E-state index is 0.176. The first-order valence-corrected chi connectivity index (χ1v) is 8.77. The molecule has 1 saturated heterocycles. The molecule has 0 amide bonds. The van der Waals surface area contributed by atoms with Crippen molar-refractivity contribution in [3.63, 3.8) is 0 Å². The maximum atomic E-state index is 12.8. The second kappa shape index (κ2) is 6.54. The summed E-state index contributed by atoms with van der Waals surface area (Å²) in [6, 6.07) is 5.66. The Kier molecular flexibility index (Phi) is 4.45. The van der Waals surface area contributed by atoms with Crippen LogP contribution in [0.4, 0.5) is 5.82 Å². The fourth-order valence-corrected chi connectivity index (χ4v) is 4.23. The normalized spacial score (nSPS) is 16.1. The predicted octanol–water partition coefficient (Wildman–Crippen LogP) is 0.686. The van der Waals surface area contributed by atoms with Gasteiger partial charge in [0, 0.05) is 38.6 Å². The average molecular weight is 348 g/mol. The van der Waals surface area contributed by atoms with E-state index in [0.717, 1.165) is 0 Å². The van der Waals surface area contributed by atoms with Gasteiger partial charge in [0.15, 0.2) is 0 Å². The maximum absolute atomic E-state index is 12.8. The number of carbonyl (C=O) groups is 1. The number of aromatic carboxylic acids is 1. The van der Waals surface area contributed by atoms with Gasteiger partial charge in [-0.15, -0.1) is 0 Å². The van der Waals surface area contributed by atoms with Crippen LogP contribution < -0.4 is 4.90 Å². The van der Waals surface area contributed by atoms with Crippen LogP contribution in [0.2, 0.25) is 0 Å². The summed E-state index contributed by atoms with van der Waals surface area (Å²) in [7, 11) is -3.85. The van der Waals surface area contributed by atoms with E-state index in [1.165, 1.54) is 28.6 Å².